The molecule has 0 aromatic carbocycles. The molecule has 1 N–H and O–H groups in total. The van der Waals surface area contributed by atoms with Crippen molar-refractivity contribution in [2.75, 3.05) is 20.8 Å². The molecule has 1 fully saturated rings. The van der Waals surface area contributed by atoms with E-state index in [1.807, 2.05) is 0 Å². The number of hydrogen-bond donors (Lipinski definition) is 1. The van der Waals surface area contributed by atoms with Crippen LogP contribution in [0, 0.1) is 11.8 Å². The molecule has 1 aliphatic carbocycles. The molecular weight excluding hydrogens is 198 g/mol. The summed E-state index contributed by atoms with van der Waals surface area (Å²) < 4.78 is 5.21. The second-order valence-electron chi connectivity index (χ2n) is 5.52. The monoisotopic (exact) mass is 227 g/mol. The molecule has 2 heteroatoms. The van der Waals surface area contributed by atoms with Crippen molar-refractivity contribution in [3.8, 4) is 0 Å². The van der Waals surface area contributed by atoms with E-state index in [4.69, 9.17) is 4.74 Å². The fourth-order valence-electron chi connectivity index (χ4n) is 3.00. The third-order valence-electron chi connectivity index (χ3n) is 3.89. The Morgan fingerprint density at radius 2 is 1.94 bits per heavy atom. The van der Waals surface area contributed by atoms with Crippen LogP contribution in [0.25, 0.3) is 0 Å². The van der Waals surface area contributed by atoms with Crippen LogP contribution in [0.15, 0.2) is 0 Å². The van der Waals surface area contributed by atoms with Crippen LogP contribution < -0.4 is 5.32 Å². The second kappa shape index (κ2) is 8.08. The number of hydrogen-bond acceptors (Lipinski definition) is 2. The first-order chi connectivity index (χ1) is 7.76. The predicted octanol–water partition coefficient (Wildman–Crippen LogP) is 3.22. The summed E-state index contributed by atoms with van der Waals surface area (Å²) in [5, 5.41) is 3.48. The molecule has 0 aliphatic heterocycles. The zero-order chi connectivity index (χ0) is 11.8. The lowest BCUT2D eigenvalue weighted by atomic mass is 9.83. The van der Waals surface area contributed by atoms with E-state index in [0.717, 1.165) is 12.5 Å². The van der Waals surface area contributed by atoms with Crippen molar-refractivity contribution in [2.24, 2.45) is 11.8 Å². The summed E-state index contributed by atoms with van der Waals surface area (Å²) in [6.07, 6.45) is 9.89. The van der Waals surface area contributed by atoms with Crippen LogP contribution >= 0.6 is 0 Å². The molecule has 0 spiro atoms. The molecule has 2 unspecified atom stereocenters. The maximum absolute atomic E-state index is 5.21. The topological polar surface area (TPSA) is 21.3 Å². The van der Waals surface area contributed by atoms with Crippen LogP contribution in [0.1, 0.15) is 51.9 Å². The molecule has 96 valence electrons. The summed E-state index contributed by atoms with van der Waals surface area (Å²) in [6.45, 7) is 3.18. The van der Waals surface area contributed by atoms with Crippen molar-refractivity contribution in [3.63, 3.8) is 0 Å². The van der Waals surface area contributed by atoms with Gasteiger partial charge in [-0.1, -0.05) is 39.0 Å². The SMILES string of the molecule is CNC(CC(C)COC)CC1CCCCC1. The zero-order valence-corrected chi connectivity index (χ0v) is 11.3. The lowest BCUT2D eigenvalue weighted by Crippen LogP contribution is -2.31. The van der Waals surface area contributed by atoms with Gasteiger partial charge in [0.25, 0.3) is 0 Å². The van der Waals surface area contributed by atoms with Crippen molar-refractivity contribution in [3.05, 3.63) is 0 Å². The molecule has 2 nitrogen and oxygen atoms in total. The standard InChI is InChI=1S/C14H29NO/c1-12(11-16-3)9-14(15-2)10-13-7-5-4-6-8-13/h12-15H,4-11H2,1-3H3. The Labute approximate surface area is 101 Å². The molecule has 0 aromatic rings. The highest BCUT2D eigenvalue weighted by molar-refractivity contribution is 4.75. The lowest BCUT2D eigenvalue weighted by Gasteiger charge is -2.27. The molecule has 16 heavy (non-hydrogen) atoms. The number of nitrogens with one attached hydrogen (secondary N) is 1. The molecule has 0 bridgehead atoms. The van der Waals surface area contributed by atoms with Crippen LogP contribution in [0.4, 0.5) is 0 Å². The fourth-order valence-corrected chi connectivity index (χ4v) is 3.00. The van der Waals surface area contributed by atoms with Gasteiger partial charge in [-0.2, -0.15) is 0 Å². The van der Waals surface area contributed by atoms with Crippen molar-refractivity contribution >= 4 is 0 Å². The Bertz CT molecular complexity index is 166. The van der Waals surface area contributed by atoms with E-state index >= 15 is 0 Å². The summed E-state index contributed by atoms with van der Waals surface area (Å²) in [7, 11) is 3.90. The van der Waals surface area contributed by atoms with Crippen LogP contribution in [0.2, 0.25) is 0 Å². The molecule has 1 aliphatic rings. The fraction of sp³-hybridized carbons (Fsp3) is 1.00. The van der Waals surface area contributed by atoms with Crippen molar-refractivity contribution < 1.29 is 4.74 Å². The minimum atomic E-state index is 0.672. The molecule has 1 saturated carbocycles. The van der Waals surface area contributed by atoms with Crippen molar-refractivity contribution in [1.82, 2.24) is 5.32 Å². The Balaban J connectivity index is 2.24. The van der Waals surface area contributed by atoms with E-state index in [2.05, 4.69) is 19.3 Å². The van der Waals surface area contributed by atoms with Crippen LogP contribution in [0.3, 0.4) is 0 Å². The molecule has 0 heterocycles. The van der Waals surface area contributed by atoms with Gasteiger partial charge in [0.05, 0.1) is 0 Å². The van der Waals surface area contributed by atoms with Gasteiger partial charge in [0.2, 0.25) is 0 Å². The minimum absolute atomic E-state index is 0.672. The van der Waals surface area contributed by atoms with Gasteiger partial charge >= 0.3 is 0 Å². The van der Waals surface area contributed by atoms with E-state index in [-0.39, 0.29) is 0 Å². The molecule has 0 aromatic heterocycles. The summed E-state index contributed by atoms with van der Waals surface area (Å²) >= 11 is 0. The average molecular weight is 227 g/mol. The van der Waals surface area contributed by atoms with Gasteiger partial charge in [-0.3, -0.25) is 0 Å². The smallest absolute Gasteiger partial charge is 0.0488 e. The van der Waals surface area contributed by atoms with E-state index in [1.54, 1.807) is 7.11 Å². The number of rotatable bonds is 7. The largest absolute Gasteiger partial charge is 0.384 e. The van der Waals surface area contributed by atoms with Gasteiger partial charge in [0.15, 0.2) is 0 Å². The quantitative estimate of drug-likeness (QED) is 0.721. The first kappa shape index (κ1) is 14.0. The first-order valence-corrected chi connectivity index (χ1v) is 6.92. The lowest BCUT2D eigenvalue weighted by molar-refractivity contribution is 0.146. The summed E-state index contributed by atoms with van der Waals surface area (Å²) in [4.78, 5) is 0. The predicted molar refractivity (Wildman–Crippen MR) is 69.7 cm³/mol. The molecule has 2 atom stereocenters. The van der Waals surface area contributed by atoms with E-state index in [9.17, 15) is 0 Å². The van der Waals surface area contributed by atoms with Gasteiger partial charge in [0.1, 0.15) is 0 Å². The Kier molecular flexibility index (Phi) is 7.06. The Morgan fingerprint density at radius 3 is 2.50 bits per heavy atom. The number of ether oxygens (including phenoxy) is 1. The summed E-state index contributed by atoms with van der Waals surface area (Å²) in [5.41, 5.74) is 0. The zero-order valence-electron chi connectivity index (χ0n) is 11.3. The molecule has 0 saturated heterocycles. The van der Waals surface area contributed by atoms with E-state index < -0.39 is 0 Å². The Morgan fingerprint density at radius 1 is 1.25 bits per heavy atom. The summed E-state index contributed by atoms with van der Waals surface area (Å²) in [5.74, 6) is 1.65. The maximum atomic E-state index is 5.21. The van der Waals surface area contributed by atoms with Crippen molar-refractivity contribution in [1.29, 1.82) is 0 Å². The van der Waals surface area contributed by atoms with Gasteiger partial charge in [-0.25, -0.2) is 0 Å². The highest BCUT2D eigenvalue weighted by atomic mass is 16.5. The minimum Gasteiger partial charge on any atom is -0.384 e. The van der Waals surface area contributed by atoms with E-state index in [1.165, 1.54) is 44.9 Å². The maximum Gasteiger partial charge on any atom is 0.0488 e. The molecular formula is C14H29NO. The normalized spacial score (nSPS) is 21.9. The highest BCUT2D eigenvalue weighted by Gasteiger charge is 2.19. The summed E-state index contributed by atoms with van der Waals surface area (Å²) in [6, 6.07) is 0.688. The van der Waals surface area contributed by atoms with Gasteiger partial charge in [-0.15, -0.1) is 0 Å². The third-order valence-corrected chi connectivity index (χ3v) is 3.89. The van der Waals surface area contributed by atoms with Gasteiger partial charge in [0, 0.05) is 19.8 Å². The first-order valence-electron chi connectivity index (χ1n) is 6.92. The second-order valence-corrected chi connectivity index (χ2v) is 5.52. The average Bonchev–Trinajstić information content (AvgIpc) is 2.30. The van der Waals surface area contributed by atoms with Crippen LogP contribution in [-0.2, 0) is 4.74 Å². The highest BCUT2D eigenvalue weighted by Crippen LogP contribution is 2.28. The van der Waals surface area contributed by atoms with Crippen LogP contribution in [0.5, 0.6) is 0 Å². The Hall–Kier alpha value is -0.0800. The van der Waals surface area contributed by atoms with Gasteiger partial charge < -0.3 is 10.1 Å². The molecule has 0 amide bonds. The number of methoxy groups -OCH3 is 1. The van der Waals surface area contributed by atoms with Crippen molar-refractivity contribution in [2.45, 2.75) is 57.9 Å². The van der Waals surface area contributed by atoms with Gasteiger partial charge in [-0.05, 0) is 31.7 Å². The van der Waals surface area contributed by atoms with E-state index in [0.29, 0.717) is 12.0 Å². The van der Waals surface area contributed by atoms with Crippen LogP contribution in [-0.4, -0.2) is 26.8 Å². The third kappa shape index (κ3) is 5.31. The molecule has 1 rings (SSSR count). The molecule has 0 radical (unpaired) electrons.